The number of aryl methyl sites for hydroxylation is 2. The lowest BCUT2D eigenvalue weighted by Gasteiger charge is -2.32. The molecule has 4 heteroatoms. The van der Waals surface area contributed by atoms with E-state index in [1.54, 1.807) is 0 Å². The third-order valence-electron chi connectivity index (χ3n) is 4.70. The molecule has 1 aromatic rings. The van der Waals surface area contributed by atoms with Gasteiger partial charge in [0.1, 0.15) is 0 Å². The topological polar surface area (TPSA) is 32.3 Å². The number of likely N-dealkylation sites (N-methyl/N-ethyl adjacent to an activating group) is 1. The summed E-state index contributed by atoms with van der Waals surface area (Å²) in [5.74, 6) is 0.280. The molecule has 0 saturated carbocycles. The minimum Gasteiger partial charge on any atom is -0.341 e. The van der Waals surface area contributed by atoms with E-state index in [0.717, 1.165) is 19.5 Å². The van der Waals surface area contributed by atoms with E-state index in [1.165, 1.54) is 42.4 Å². The fourth-order valence-electron chi connectivity index (χ4n) is 3.46. The van der Waals surface area contributed by atoms with Crippen LogP contribution in [0, 0.1) is 0 Å². The van der Waals surface area contributed by atoms with Gasteiger partial charge in [0, 0.05) is 19.1 Å². The van der Waals surface area contributed by atoms with Crippen molar-refractivity contribution < 1.29 is 4.79 Å². The number of hydrogen-bond acceptors (Lipinski definition) is 2. The Morgan fingerprint density at radius 2 is 2.10 bits per heavy atom. The van der Waals surface area contributed by atoms with Crippen molar-refractivity contribution in [3.05, 3.63) is 34.9 Å². The summed E-state index contributed by atoms with van der Waals surface area (Å²) in [5, 5.41) is 3.29. The Morgan fingerprint density at radius 1 is 1.29 bits per heavy atom. The van der Waals surface area contributed by atoms with Crippen LogP contribution < -0.4 is 5.32 Å². The van der Waals surface area contributed by atoms with Gasteiger partial charge in [-0.05, 0) is 55.8 Å². The molecule has 1 saturated heterocycles. The molecule has 116 valence electrons. The third-order valence-corrected chi connectivity index (χ3v) is 4.70. The van der Waals surface area contributed by atoms with Crippen molar-refractivity contribution in [3.63, 3.8) is 0 Å². The Bertz CT molecular complexity index is 504. The van der Waals surface area contributed by atoms with E-state index in [9.17, 15) is 4.79 Å². The summed E-state index contributed by atoms with van der Waals surface area (Å²) in [6.45, 7) is 1.78. The zero-order valence-corrected chi connectivity index (χ0v) is 13.5. The van der Waals surface area contributed by atoms with Gasteiger partial charge in [-0.3, -0.25) is 4.79 Å². The van der Waals surface area contributed by atoms with E-state index in [-0.39, 0.29) is 18.3 Å². The van der Waals surface area contributed by atoms with Gasteiger partial charge in [-0.2, -0.15) is 0 Å². The van der Waals surface area contributed by atoms with E-state index in [4.69, 9.17) is 0 Å². The summed E-state index contributed by atoms with van der Waals surface area (Å²) in [5.41, 5.74) is 4.12. The van der Waals surface area contributed by atoms with Gasteiger partial charge in [0.2, 0.25) is 5.91 Å². The summed E-state index contributed by atoms with van der Waals surface area (Å²) in [6.07, 6.45) is 6.51. The Balaban J connectivity index is 0.00000161. The second kappa shape index (κ2) is 7.28. The minimum atomic E-state index is 0. The number of rotatable bonds is 3. The summed E-state index contributed by atoms with van der Waals surface area (Å²) >= 11 is 0. The molecular formula is C17H25ClN2O. The Labute approximate surface area is 133 Å². The number of likely N-dealkylation sites (tertiary alicyclic amines) is 1. The molecule has 1 aromatic carbocycles. The maximum absolute atomic E-state index is 12.4. The molecule has 21 heavy (non-hydrogen) atoms. The molecule has 3 nitrogen and oxygen atoms in total. The summed E-state index contributed by atoms with van der Waals surface area (Å²) < 4.78 is 0. The number of nitrogens with zero attached hydrogens (tertiary/aromatic N) is 1. The van der Waals surface area contributed by atoms with Crippen LogP contribution in [0.5, 0.6) is 0 Å². The molecular weight excluding hydrogens is 284 g/mol. The van der Waals surface area contributed by atoms with E-state index >= 15 is 0 Å². The molecule has 1 fully saturated rings. The second-order valence-electron chi connectivity index (χ2n) is 6.10. The van der Waals surface area contributed by atoms with Gasteiger partial charge in [-0.15, -0.1) is 12.4 Å². The highest BCUT2D eigenvalue weighted by Crippen LogP contribution is 2.23. The number of benzene rings is 1. The van der Waals surface area contributed by atoms with Crippen molar-refractivity contribution in [2.45, 2.75) is 44.6 Å². The molecule has 3 rings (SSSR count). The van der Waals surface area contributed by atoms with Crippen LogP contribution >= 0.6 is 12.4 Å². The average molecular weight is 309 g/mol. The molecule has 1 amide bonds. The van der Waals surface area contributed by atoms with Gasteiger partial charge in [0.05, 0.1) is 6.42 Å². The van der Waals surface area contributed by atoms with E-state index in [2.05, 4.69) is 23.5 Å². The van der Waals surface area contributed by atoms with Crippen LogP contribution in [-0.2, 0) is 24.1 Å². The van der Waals surface area contributed by atoms with Crippen LogP contribution in [0.4, 0.5) is 0 Å². The fourth-order valence-corrected chi connectivity index (χ4v) is 3.46. The smallest absolute Gasteiger partial charge is 0.227 e. The van der Waals surface area contributed by atoms with Crippen molar-refractivity contribution in [2.75, 3.05) is 20.1 Å². The first-order valence-electron chi connectivity index (χ1n) is 7.82. The van der Waals surface area contributed by atoms with Crippen LogP contribution in [0.15, 0.2) is 18.2 Å². The third kappa shape index (κ3) is 3.78. The quantitative estimate of drug-likeness (QED) is 0.929. The number of fused-ring (bicyclic) bond motifs is 1. The predicted octanol–water partition coefficient (Wildman–Crippen LogP) is 2.35. The lowest BCUT2D eigenvalue weighted by molar-refractivity contribution is -0.131. The van der Waals surface area contributed by atoms with E-state index < -0.39 is 0 Å². The van der Waals surface area contributed by atoms with Crippen LogP contribution in [-0.4, -0.2) is 37.0 Å². The van der Waals surface area contributed by atoms with Gasteiger partial charge in [-0.25, -0.2) is 0 Å². The van der Waals surface area contributed by atoms with Crippen molar-refractivity contribution in [1.82, 2.24) is 10.2 Å². The van der Waals surface area contributed by atoms with Gasteiger partial charge in [0.15, 0.2) is 0 Å². The van der Waals surface area contributed by atoms with Crippen LogP contribution in [0.25, 0.3) is 0 Å². The molecule has 1 atom stereocenters. The average Bonchev–Trinajstić information content (AvgIpc) is 2.95. The second-order valence-corrected chi connectivity index (χ2v) is 6.10. The van der Waals surface area contributed by atoms with Gasteiger partial charge in [-0.1, -0.05) is 18.2 Å². The first-order chi connectivity index (χ1) is 9.76. The zero-order chi connectivity index (χ0) is 13.9. The molecule has 1 aliphatic heterocycles. The molecule has 0 aromatic heterocycles. The monoisotopic (exact) mass is 308 g/mol. The van der Waals surface area contributed by atoms with E-state index in [1.807, 2.05) is 11.9 Å². The van der Waals surface area contributed by atoms with Gasteiger partial charge >= 0.3 is 0 Å². The lowest BCUT2D eigenvalue weighted by atomic mass is 10.0. The summed E-state index contributed by atoms with van der Waals surface area (Å²) in [4.78, 5) is 14.5. The number of carbonyl (C=O) groups excluding carboxylic acids is 1. The number of carbonyl (C=O) groups is 1. The Hall–Kier alpha value is -1.06. The van der Waals surface area contributed by atoms with E-state index in [0.29, 0.717) is 12.5 Å². The highest BCUT2D eigenvalue weighted by atomic mass is 35.5. The number of amides is 1. The number of halogens is 1. The minimum absolute atomic E-state index is 0. The van der Waals surface area contributed by atoms with Crippen molar-refractivity contribution >= 4 is 18.3 Å². The summed E-state index contributed by atoms with van der Waals surface area (Å²) in [6, 6.07) is 7.08. The fraction of sp³-hybridized carbons (Fsp3) is 0.588. The molecule has 1 N–H and O–H groups in total. The molecule has 1 unspecified atom stereocenters. The molecule has 0 radical (unpaired) electrons. The molecule has 0 spiro atoms. The van der Waals surface area contributed by atoms with Crippen molar-refractivity contribution in [3.8, 4) is 0 Å². The Kier molecular flexibility index (Phi) is 5.65. The first kappa shape index (κ1) is 16.3. The normalized spacial score (nSPS) is 20.8. The number of piperidine rings is 1. The molecule has 1 aliphatic carbocycles. The zero-order valence-electron chi connectivity index (χ0n) is 12.7. The number of nitrogens with one attached hydrogen (secondary N) is 1. The predicted molar refractivity (Wildman–Crippen MR) is 88.1 cm³/mol. The highest BCUT2D eigenvalue weighted by molar-refractivity contribution is 5.85. The number of hydrogen-bond donors (Lipinski definition) is 1. The standard InChI is InChI=1S/C17H24N2O.ClH/c1-18-16-6-3-9-19(12-16)17(20)11-13-7-8-14-4-2-5-15(14)10-13;/h7-8,10,16,18H,2-6,9,11-12H2,1H3;1H. The van der Waals surface area contributed by atoms with Crippen molar-refractivity contribution in [2.24, 2.45) is 0 Å². The highest BCUT2D eigenvalue weighted by Gasteiger charge is 2.22. The summed E-state index contributed by atoms with van der Waals surface area (Å²) in [7, 11) is 1.99. The lowest BCUT2D eigenvalue weighted by Crippen LogP contribution is -2.47. The Morgan fingerprint density at radius 3 is 2.90 bits per heavy atom. The maximum Gasteiger partial charge on any atom is 0.227 e. The van der Waals surface area contributed by atoms with Crippen LogP contribution in [0.2, 0.25) is 0 Å². The van der Waals surface area contributed by atoms with Crippen molar-refractivity contribution in [1.29, 1.82) is 0 Å². The maximum atomic E-state index is 12.4. The van der Waals surface area contributed by atoms with Gasteiger partial charge in [0.25, 0.3) is 0 Å². The largest absolute Gasteiger partial charge is 0.341 e. The molecule has 1 heterocycles. The van der Waals surface area contributed by atoms with Gasteiger partial charge < -0.3 is 10.2 Å². The first-order valence-corrected chi connectivity index (χ1v) is 7.82. The van der Waals surface area contributed by atoms with Crippen LogP contribution in [0.1, 0.15) is 36.0 Å². The molecule has 2 aliphatic rings. The SMILES string of the molecule is CNC1CCCN(C(=O)Cc2ccc3c(c2)CCC3)C1.Cl. The van der Waals surface area contributed by atoms with Crippen LogP contribution in [0.3, 0.4) is 0 Å². The molecule has 0 bridgehead atoms.